The highest BCUT2D eigenvalue weighted by Crippen LogP contribution is 2.33. The smallest absolute Gasteiger partial charge is 0.341 e. The maximum absolute atomic E-state index is 13.6. The number of hydrogen-bond acceptors (Lipinski definition) is 4. The molecule has 0 unspecified atom stereocenters. The van der Waals surface area contributed by atoms with Crippen molar-refractivity contribution >= 4 is 21.7 Å². The summed E-state index contributed by atoms with van der Waals surface area (Å²) in [5, 5.41) is 8.82. The average molecular weight is 420 g/mol. The number of ether oxygens (including phenoxy) is 1. The summed E-state index contributed by atoms with van der Waals surface area (Å²) in [6.45, 7) is 11.2. The lowest BCUT2D eigenvalue weighted by atomic mass is 10.1. The van der Waals surface area contributed by atoms with Gasteiger partial charge in [0.15, 0.2) is 6.61 Å². The molecule has 0 aliphatic heterocycles. The fraction of sp³-hybridized carbons (Fsp3) is 0.409. The minimum absolute atomic E-state index is 0.130. The summed E-state index contributed by atoms with van der Waals surface area (Å²) in [6.07, 6.45) is 0. The van der Waals surface area contributed by atoms with Gasteiger partial charge in [0.25, 0.3) is 10.0 Å². The molecule has 7 heteroatoms. The third-order valence-electron chi connectivity index (χ3n) is 4.76. The first kappa shape index (κ1) is 22.7. The quantitative estimate of drug-likeness (QED) is 0.692. The van der Waals surface area contributed by atoms with Gasteiger partial charge in [-0.15, -0.1) is 0 Å². The van der Waals surface area contributed by atoms with Gasteiger partial charge in [-0.2, -0.15) is 0 Å². The van der Waals surface area contributed by atoms with Crippen molar-refractivity contribution in [1.82, 2.24) is 0 Å². The van der Waals surface area contributed by atoms with Crippen LogP contribution in [0.3, 0.4) is 0 Å². The first-order valence-corrected chi connectivity index (χ1v) is 10.9. The molecule has 0 bridgehead atoms. The Labute approximate surface area is 173 Å². The van der Waals surface area contributed by atoms with Crippen LogP contribution in [0.1, 0.15) is 36.1 Å². The number of aliphatic carboxylic acids is 1. The number of anilines is 1. The second kappa shape index (κ2) is 8.86. The molecule has 2 rings (SSSR count). The maximum Gasteiger partial charge on any atom is 0.341 e. The van der Waals surface area contributed by atoms with Crippen molar-refractivity contribution in [2.75, 3.05) is 17.5 Å². The Hall–Kier alpha value is -2.54. The zero-order valence-electron chi connectivity index (χ0n) is 17.8. The molecular weight excluding hydrogens is 390 g/mol. The summed E-state index contributed by atoms with van der Waals surface area (Å²) in [4.78, 5) is 11.0. The van der Waals surface area contributed by atoms with Gasteiger partial charge in [-0.3, -0.25) is 4.31 Å². The van der Waals surface area contributed by atoms with Crippen molar-refractivity contribution in [2.45, 2.75) is 46.4 Å². The molecule has 0 atom stereocenters. The maximum atomic E-state index is 13.6. The number of carboxylic acid groups (broad SMARTS) is 1. The Kier molecular flexibility index (Phi) is 6.95. The lowest BCUT2D eigenvalue weighted by Crippen LogP contribution is -2.35. The van der Waals surface area contributed by atoms with Gasteiger partial charge in [-0.25, -0.2) is 13.2 Å². The standard InChI is InChI=1S/C22H29NO5S/c1-14(2)12-23(19-8-7-15(3)11-16(19)4)29(26,27)21-10-9-20(17(5)18(21)6)28-13-22(24)25/h7-11,14H,12-13H2,1-6H3,(H,24,25). The van der Waals surface area contributed by atoms with Crippen LogP contribution in [0, 0.1) is 33.6 Å². The molecular formula is C22H29NO5S. The normalized spacial score (nSPS) is 11.6. The van der Waals surface area contributed by atoms with E-state index in [1.807, 2.05) is 45.9 Å². The minimum Gasteiger partial charge on any atom is -0.482 e. The van der Waals surface area contributed by atoms with Crippen molar-refractivity contribution in [2.24, 2.45) is 5.92 Å². The van der Waals surface area contributed by atoms with Crippen LogP contribution in [0.4, 0.5) is 5.69 Å². The average Bonchev–Trinajstić information content (AvgIpc) is 2.61. The number of aryl methyl sites for hydroxylation is 2. The predicted molar refractivity (Wildman–Crippen MR) is 114 cm³/mol. The third kappa shape index (κ3) is 5.09. The molecule has 2 aromatic carbocycles. The second-order valence-electron chi connectivity index (χ2n) is 7.71. The van der Waals surface area contributed by atoms with Crippen LogP contribution in [0.5, 0.6) is 5.75 Å². The van der Waals surface area contributed by atoms with Gasteiger partial charge in [0.1, 0.15) is 5.75 Å². The van der Waals surface area contributed by atoms with Gasteiger partial charge >= 0.3 is 5.97 Å². The van der Waals surface area contributed by atoms with Gasteiger partial charge in [-0.1, -0.05) is 31.5 Å². The summed E-state index contributed by atoms with van der Waals surface area (Å²) in [6, 6.07) is 8.74. The van der Waals surface area contributed by atoms with Gasteiger partial charge in [0.05, 0.1) is 10.6 Å². The van der Waals surface area contributed by atoms with Gasteiger partial charge in [0.2, 0.25) is 0 Å². The first-order valence-electron chi connectivity index (χ1n) is 9.50. The molecule has 0 aliphatic carbocycles. The van der Waals surface area contributed by atoms with E-state index in [9.17, 15) is 13.2 Å². The Bertz CT molecular complexity index is 1010. The van der Waals surface area contributed by atoms with E-state index in [1.54, 1.807) is 13.8 Å². The largest absolute Gasteiger partial charge is 0.482 e. The molecule has 158 valence electrons. The highest BCUT2D eigenvalue weighted by molar-refractivity contribution is 7.92. The summed E-state index contributed by atoms with van der Waals surface area (Å²) in [7, 11) is -3.82. The van der Waals surface area contributed by atoms with Gasteiger partial charge < -0.3 is 9.84 Å². The molecule has 0 radical (unpaired) electrons. The Morgan fingerprint density at radius 1 is 1.07 bits per heavy atom. The van der Waals surface area contributed by atoms with Crippen LogP contribution in [-0.4, -0.2) is 32.6 Å². The Balaban J connectivity index is 2.57. The predicted octanol–water partition coefficient (Wildman–Crippen LogP) is 4.23. The molecule has 1 N–H and O–H groups in total. The van der Waals surface area contributed by atoms with Gasteiger partial charge in [-0.05, 0) is 68.5 Å². The summed E-state index contributed by atoms with van der Waals surface area (Å²) in [5.74, 6) is -0.590. The Morgan fingerprint density at radius 2 is 1.72 bits per heavy atom. The zero-order chi connectivity index (χ0) is 21.9. The van der Waals surface area contributed by atoms with Crippen LogP contribution in [0.25, 0.3) is 0 Å². The number of carbonyl (C=O) groups is 1. The fourth-order valence-electron chi connectivity index (χ4n) is 3.21. The molecule has 2 aromatic rings. The highest BCUT2D eigenvalue weighted by atomic mass is 32.2. The highest BCUT2D eigenvalue weighted by Gasteiger charge is 2.29. The fourth-order valence-corrected chi connectivity index (χ4v) is 5.18. The van der Waals surface area contributed by atoms with Crippen molar-refractivity contribution in [3.63, 3.8) is 0 Å². The molecule has 0 saturated heterocycles. The SMILES string of the molecule is Cc1ccc(N(CC(C)C)S(=O)(=O)c2ccc(OCC(=O)O)c(C)c2C)c(C)c1. The van der Waals surface area contributed by atoms with Crippen molar-refractivity contribution in [3.8, 4) is 5.75 Å². The number of nitrogens with zero attached hydrogens (tertiary/aromatic N) is 1. The van der Waals surface area contributed by atoms with Crippen LogP contribution in [0.2, 0.25) is 0 Å². The Morgan fingerprint density at radius 3 is 2.28 bits per heavy atom. The number of hydrogen-bond donors (Lipinski definition) is 1. The molecule has 29 heavy (non-hydrogen) atoms. The van der Waals surface area contributed by atoms with E-state index in [4.69, 9.17) is 9.84 Å². The van der Waals surface area contributed by atoms with Crippen molar-refractivity contribution in [1.29, 1.82) is 0 Å². The summed E-state index contributed by atoms with van der Waals surface area (Å²) in [5.41, 5.74) is 3.78. The van der Waals surface area contributed by atoms with E-state index < -0.39 is 22.6 Å². The number of sulfonamides is 1. The molecule has 0 aliphatic rings. The van der Waals surface area contributed by atoms with E-state index in [1.165, 1.54) is 16.4 Å². The van der Waals surface area contributed by atoms with Crippen LogP contribution >= 0.6 is 0 Å². The van der Waals surface area contributed by atoms with Crippen LogP contribution in [-0.2, 0) is 14.8 Å². The minimum atomic E-state index is -3.82. The number of rotatable bonds is 8. The van der Waals surface area contributed by atoms with E-state index in [-0.39, 0.29) is 10.8 Å². The summed E-state index contributed by atoms with van der Waals surface area (Å²) >= 11 is 0. The lowest BCUT2D eigenvalue weighted by molar-refractivity contribution is -0.139. The van der Waals surface area contributed by atoms with Crippen molar-refractivity contribution in [3.05, 3.63) is 52.6 Å². The van der Waals surface area contributed by atoms with Crippen LogP contribution < -0.4 is 9.04 Å². The monoisotopic (exact) mass is 419 g/mol. The lowest BCUT2D eigenvalue weighted by Gasteiger charge is -2.29. The molecule has 0 amide bonds. The van der Waals surface area contributed by atoms with Gasteiger partial charge in [0, 0.05) is 6.54 Å². The van der Waals surface area contributed by atoms with E-state index >= 15 is 0 Å². The second-order valence-corrected chi connectivity index (χ2v) is 9.54. The zero-order valence-corrected chi connectivity index (χ0v) is 18.6. The molecule has 0 aromatic heterocycles. The molecule has 0 heterocycles. The third-order valence-corrected chi connectivity index (χ3v) is 6.68. The molecule has 0 spiro atoms. The first-order chi connectivity index (χ1) is 13.4. The molecule has 0 fully saturated rings. The van der Waals surface area contributed by atoms with Crippen molar-refractivity contribution < 1.29 is 23.1 Å². The number of benzene rings is 2. The van der Waals surface area contributed by atoms with E-state index in [2.05, 4.69) is 0 Å². The number of carboxylic acids is 1. The van der Waals surface area contributed by atoms with Crippen LogP contribution in [0.15, 0.2) is 35.2 Å². The molecule has 0 saturated carbocycles. The van der Waals surface area contributed by atoms with E-state index in [0.717, 1.165) is 11.1 Å². The molecule has 6 nitrogen and oxygen atoms in total. The summed E-state index contributed by atoms with van der Waals surface area (Å²) < 4.78 is 34.0. The van der Waals surface area contributed by atoms with E-state index in [0.29, 0.717) is 29.1 Å². The topological polar surface area (TPSA) is 83.9 Å².